The SMILES string of the molecule is Cc1ccc(-c2ccc3c(c2)c2cc(-c4ccc(C)cc4C)ccc2n3-c2cc(-c3nc(-c4ccccc4)nc(-c4ccccc4)n3)ccc2-c2cccc(C(F)(F)F)c2)c(C)c1. The molecule has 8 aromatic carbocycles. The van der Waals surface area contributed by atoms with Crippen LogP contribution in [0.3, 0.4) is 0 Å². The highest BCUT2D eigenvalue weighted by molar-refractivity contribution is 6.12. The predicted octanol–water partition coefficient (Wildman–Crippen LogP) is 15.2. The first kappa shape index (κ1) is 39.5. The van der Waals surface area contributed by atoms with Crippen LogP contribution in [0.2, 0.25) is 0 Å². The average Bonchev–Trinajstić information content (AvgIpc) is 3.62. The molecular weight excluding hydrogens is 786 g/mol. The molecule has 0 aliphatic carbocycles. The minimum Gasteiger partial charge on any atom is -0.309 e. The Morgan fingerprint density at radius 1 is 0.381 bits per heavy atom. The van der Waals surface area contributed by atoms with E-state index in [0.717, 1.165) is 61.3 Å². The van der Waals surface area contributed by atoms with Crippen LogP contribution in [0.25, 0.3) is 95.0 Å². The monoisotopic (exact) mass is 826 g/mol. The Labute approximate surface area is 364 Å². The highest BCUT2D eigenvalue weighted by Crippen LogP contribution is 2.42. The molecule has 63 heavy (non-hydrogen) atoms. The molecule has 0 atom stereocenters. The van der Waals surface area contributed by atoms with E-state index < -0.39 is 11.7 Å². The third kappa shape index (κ3) is 7.46. The van der Waals surface area contributed by atoms with Crippen molar-refractivity contribution in [3.63, 3.8) is 0 Å². The van der Waals surface area contributed by atoms with Gasteiger partial charge in [0.1, 0.15) is 0 Å². The van der Waals surface area contributed by atoms with Gasteiger partial charge in [0, 0.05) is 33.0 Å². The molecule has 2 aromatic heterocycles. The van der Waals surface area contributed by atoms with E-state index in [9.17, 15) is 13.2 Å². The van der Waals surface area contributed by atoms with Crippen LogP contribution in [0.4, 0.5) is 13.2 Å². The lowest BCUT2D eigenvalue weighted by molar-refractivity contribution is -0.137. The molecule has 4 nitrogen and oxygen atoms in total. The van der Waals surface area contributed by atoms with Gasteiger partial charge in [-0.2, -0.15) is 13.2 Å². The zero-order chi connectivity index (χ0) is 43.4. The van der Waals surface area contributed by atoms with Gasteiger partial charge in [0.15, 0.2) is 17.5 Å². The maximum Gasteiger partial charge on any atom is 0.416 e. The molecule has 10 aromatic rings. The van der Waals surface area contributed by atoms with Gasteiger partial charge >= 0.3 is 6.18 Å². The van der Waals surface area contributed by atoms with Crippen LogP contribution in [0, 0.1) is 27.7 Å². The molecule has 0 aliphatic rings. The largest absolute Gasteiger partial charge is 0.416 e. The quantitative estimate of drug-likeness (QED) is 0.161. The standard InChI is InChI=1S/C56H41F3N4/c1-34-18-23-45(36(3)28-34)41-21-26-50-48(31-41)49-32-42(46-24-19-35(2)29-37(46)4)22-27-51(49)63(50)52-33-43(20-25-47(52)40-16-11-17-44(30-40)56(57,58)59)55-61-53(38-12-7-5-8-13-38)60-54(62-55)39-14-9-6-10-15-39/h5-33H,1-4H3. The summed E-state index contributed by atoms with van der Waals surface area (Å²) in [5.41, 5.74) is 14.4. The smallest absolute Gasteiger partial charge is 0.309 e. The molecule has 306 valence electrons. The zero-order valence-electron chi connectivity index (χ0n) is 35.2. The second-order valence-corrected chi connectivity index (χ2v) is 16.3. The lowest BCUT2D eigenvalue weighted by atomic mass is 9.95. The summed E-state index contributed by atoms with van der Waals surface area (Å²) in [6.07, 6.45) is -4.52. The van der Waals surface area contributed by atoms with Crippen molar-refractivity contribution < 1.29 is 13.2 Å². The summed E-state index contributed by atoms with van der Waals surface area (Å²) in [6, 6.07) is 56.9. The van der Waals surface area contributed by atoms with Crippen LogP contribution in [-0.4, -0.2) is 19.5 Å². The van der Waals surface area contributed by atoms with E-state index >= 15 is 0 Å². The minimum atomic E-state index is -4.52. The molecule has 0 fully saturated rings. The Morgan fingerprint density at radius 2 is 0.825 bits per heavy atom. The van der Waals surface area contributed by atoms with Gasteiger partial charge in [-0.05, 0) is 109 Å². The van der Waals surface area contributed by atoms with Crippen LogP contribution in [0.1, 0.15) is 27.8 Å². The number of fused-ring (bicyclic) bond motifs is 3. The number of halogens is 3. The summed E-state index contributed by atoms with van der Waals surface area (Å²) in [5.74, 6) is 1.46. The summed E-state index contributed by atoms with van der Waals surface area (Å²) in [7, 11) is 0. The Morgan fingerprint density at radius 3 is 1.32 bits per heavy atom. The molecule has 0 radical (unpaired) electrons. The first-order valence-corrected chi connectivity index (χ1v) is 20.9. The van der Waals surface area contributed by atoms with Crippen molar-refractivity contribution in [1.29, 1.82) is 0 Å². The van der Waals surface area contributed by atoms with Crippen molar-refractivity contribution in [2.24, 2.45) is 0 Å². The minimum absolute atomic E-state index is 0.436. The predicted molar refractivity (Wildman–Crippen MR) is 251 cm³/mol. The molecule has 0 saturated carbocycles. The van der Waals surface area contributed by atoms with Crippen molar-refractivity contribution in [3.05, 3.63) is 204 Å². The Balaban J connectivity index is 1.27. The lowest BCUT2D eigenvalue weighted by Gasteiger charge is -2.17. The lowest BCUT2D eigenvalue weighted by Crippen LogP contribution is -2.05. The molecule has 0 amide bonds. The number of nitrogens with zero attached hydrogens (tertiary/aromatic N) is 4. The highest BCUT2D eigenvalue weighted by atomic mass is 19.4. The molecule has 0 aliphatic heterocycles. The van der Waals surface area contributed by atoms with E-state index in [4.69, 9.17) is 15.0 Å². The second-order valence-electron chi connectivity index (χ2n) is 16.3. The van der Waals surface area contributed by atoms with Gasteiger partial charge in [-0.3, -0.25) is 0 Å². The molecule has 0 saturated heterocycles. The average molecular weight is 827 g/mol. The second kappa shape index (κ2) is 15.7. The van der Waals surface area contributed by atoms with E-state index in [1.54, 1.807) is 6.07 Å². The van der Waals surface area contributed by atoms with Crippen molar-refractivity contribution in [2.45, 2.75) is 33.9 Å². The third-order valence-corrected chi connectivity index (χ3v) is 11.8. The number of rotatable bonds is 7. The fraction of sp³-hybridized carbons (Fsp3) is 0.0893. The first-order valence-electron chi connectivity index (χ1n) is 20.9. The molecule has 7 heteroatoms. The molecule has 0 spiro atoms. The summed E-state index contributed by atoms with van der Waals surface area (Å²) in [5, 5.41) is 2.04. The maximum atomic E-state index is 14.3. The summed E-state index contributed by atoms with van der Waals surface area (Å²) < 4.78 is 45.2. The number of aromatic nitrogens is 4. The van der Waals surface area contributed by atoms with Gasteiger partial charge in [0.05, 0.1) is 22.3 Å². The number of aryl methyl sites for hydroxylation is 4. The fourth-order valence-electron chi connectivity index (χ4n) is 8.79. The molecular formula is C56H41F3N4. The zero-order valence-corrected chi connectivity index (χ0v) is 35.2. The summed E-state index contributed by atoms with van der Waals surface area (Å²) in [6.45, 7) is 8.46. The number of hydrogen-bond donors (Lipinski definition) is 0. The fourth-order valence-corrected chi connectivity index (χ4v) is 8.79. The van der Waals surface area contributed by atoms with Crippen molar-refractivity contribution in [1.82, 2.24) is 19.5 Å². The van der Waals surface area contributed by atoms with Gasteiger partial charge in [-0.25, -0.2) is 15.0 Å². The molecule has 0 bridgehead atoms. The van der Waals surface area contributed by atoms with Crippen LogP contribution in [0.15, 0.2) is 176 Å². The van der Waals surface area contributed by atoms with Gasteiger partial charge in [0.25, 0.3) is 0 Å². The van der Waals surface area contributed by atoms with Crippen LogP contribution >= 0.6 is 0 Å². The van der Waals surface area contributed by atoms with Crippen LogP contribution in [-0.2, 0) is 6.18 Å². The van der Waals surface area contributed by atoms with Gasteiger partial charge < -0.3 is 4.57 Å². The maximum absolute atomic E-state index is 14.3. The number of benzene rings is 8. The summed E-state index contributed by atoms with van der Waals surface area (Å²) >= 11 is 0. The highest BCUT2D eigenvalue weighted by Gasteiger charge is 2.31. The third-order valence-electron chi connectivity index (χ3n) is 11.8. The number of hydrogen-bond acceptors (Lipinski definition) is 3. The van der Waals surface area contributed by atoms with E-state index in [2.05, 4.69) is 105 Å². The normalized spacial score (nSPS) is 11.7. The molecule has 0 N–H and O–H groups in total. The van der Waals surface area contributed by atoms with Crippen LogP contribution < -0.4 is 0 Å². The van der Waals surface area contributed by atoms with Gasteiger partial charge in [-0.15, -0.1) is 0 Å². The van der Waals surface area contributed by atoms with Crippen molar-refractivity contribution >= 4 is 21.8 Å². The summed E-state index contributed by atoms with van der Waals surface area (Å²) in [4.78, 5) is 15.0. The van der Waals surface area contributed by atoms with E-state index in [1.807, 2.05) is 78.9 Å². The molecule has 10 rings (SSSR count). The van der Waals surface area contributed by atoms with E-state index in [1.165, 1.54) is 34.4 Å². The molecule has 2 heterocycles. The Kier molecular flexibility index (Phi) is 9.83. The number of alkyl halides is 3. The Bertz CT molecular complexity index is 3200. The van der Waals surface area contributed by atoms with Gasteiger partial charge in [-0.1, -0.05) is 145 Å². The molecule has 0 unspecified atom stereocenters. The first-order chi connectivity index (χ1) is 30.5. The Hall–Kier alpha value is -7.64. The van der Waals surface area contributed by atoms with Crippen molar-refractivity contribution in [2.75, 3.05) is 0 Å². The topological polar surface area (TPSA) is 43.6 Å². The van der Waals surface area contributed by atoms with Crippen molar-refractivity contribution in [3.8, 4) is 73.2 Å². The van der Waals surface area contributed by atoms with Crippen LogP contribution in [0.5, 0.6) is 0 Å². The van der Waals surface area contributed by atoms with E-state index in [-0.39, 0.29) is 0 Å². The van der Waals surface area contributed by atoms with E-state index in [0.29, 0.717) is 39.9 Å². The van der Waals surface area contributed by atoms with Gasteiger partial charge in [0.2, 0.25) is 0 Å².